The number of methoxy groups -OCH3 is 1. The largest absolute Gasteiger partial charge is 0.469 e. The van der Waals surface area contributed by atoms with Gasteiger partial charge in [0.15, 0.2) is 9.84 Å². The molecule has 1 unspecified atom stereocenters. The Morgan fingerprint density at radius 2 is 1.90 bits per heavy atom. The molecule has 30 heavy (non-hydrogen) atoms. The molecule has 1 saturated heterocycles. The van der Waals surface area contributed by atoms with E-state index in [1.54, 1.807) is 41.4 Å². The number of thioether (sulfide) groups is 3. The highest BCUT2D eigenvalue weighted by atomic mass is 32.2. The summed E-state index contributed by atoms with van der Waals surface area (Å²) >= 11 is 4.93. The molecule has 1 aromatic rings. The van der Waals surface area contributed by atoms with Crippen molar-refractivity contribution in [2.75, 3.05) is 44.8 Å². The number of aryl methyl sites for hydroxylation is 1. The molecule has 0 saturated carbocycles. The Hall–Kier alpha value is -0.610. The molecule has 9 heteroatoms. The third-order valence-corrected chi connectivity index (χ3v) is 7.57. The van der Waals surface area contributed by atoms with Gasteiger partial charge in [-0.05, 0) is 56.1 Å². The average Bonchev–Trinajstić information content (AvgIpc) is 2.77. The number of rotatable bonds is 7. The Kier molecular flexibility index (Phi) is 17.6. The van der Waals surface area contributed by atoms with E-state index in [1.807, 2.05) is 31.2 Å². The van der Waals surface area contributed by atoms with Gasteiger partial charge in [0, 0.05) is 23.0 Å². The first-order chi connectivity index (χ1) is 14.3. The molecule has 1 heterocycles. The minimum atomic E-state index is -3.24. The van der Waals surface area contributed by atoms with E-state index in [2.05, 4.69) is 11.0 Å². The quantitative estimate of drug-likeness (QED) is 0.488. The summed E-state index contributed by atoms with van der Waals surface area (Å²) in [6, 6.07) is 6.82. The van der Waals surface area contributed by atoms with Crippen molar-refractivity contribution in [3.05, 3.63) is 40.6 Å². The molecular formula is C21H34O5S4. The highest BCUT2D eigenvalue weighted by molar-refractivity contribution is 8.02. The van der Waals surface area contributed by atoms with Crippen molar-refractivity contribution in [2.24, 2.45) is 0 Å². The van der Waals surface area contributed by atoms with E-state index in [0.717, 1.165) is 29.8 Å². The Bertz CT molecular complexity index is 697. The molecule has 0 amide bonds. The van der Waals surface area contributed by atoms with Crippen molar-refractivity contribution in [1.29, 1.82) is 0 Å². The van der Waals surface area contributed by atoms with Gasteiger partial charge < -0.3 is 9.47 Å². The van der Waals surface area contributed by atoms with E-state index in [1.165, 1.54) is 37.1 Å². The maximum Gasteiger partial charge on any atom is 0.306 e. The Morgan fingerprint density at radius 3 is 2.33 bits per heavy atom. The lowest BCUT2D eigenvalue weighted by Gasteiger charge is -2.19. The Labute approximate surface area is 195 Å². The molecular weight excluding hydrogens is 460 g/mol. The van der Waals surface area contributed by atoms with Gasteiger partial charge in [0.1, 0.15) is 0 Å². The molecule has 1 aliphatic rings. The number of hydrogen-bond donors (Lipinski definition) is 0. The van der Waals surface area contributed by atoms with Crippen molar-refractivity contribution in [3.63, 3.8) is 0 Å². The van der Waals surface area contributed by atoms with Gasteiger partial charge in [-0.2, -0.15) is 23.5 Å². The van der Waals surface area contributed by atoms with Gasteiger partial charge in [-0.15, -0.1) is 11.8 Å². The summed E-state index contributed by atoms with van der Waals surface area (Å²) in [4.78, 5) is 10.7. The van der Waals surface area contributed by atoms with Crippen LogP contribution in [0.25, 0.3) is 0 Å². The second-order valence-electron chi connectivity index (χ2n) is 6.26. The molecule has 2 rings (SSSR count). The fraction of sp³-hybridized carbons (Fsp3) is 0.571. The third kappa shape index (κ3) is 14.4. The minimum absolute atomic E-state index is 0.126. The molecule has 172 valence electrons. The van der Waals surface area contributed by atoms with E-state index < -0.39 is 9.84 Å². The van der Waals surface area contributed by atoms with Gasteiger partial charge in [0.2, 0.25) is 0 Å². The number of hydrogen-bond acceptors (Lipinski definition) is 8. The van der Waals surface area contributed by atoms with Crippen molar-refractivity contribution in [2.45, 2.75) is 36.3 Å². The summed E-state index contributed by atoms with van der Waals surface area (Å²) < 4.78 is 32.9. The second kappa shape index (κ2) is 18.0. The molecule has 0 spiro atoms. The summed E-state index contributed by atoms with van der Waals surface area (Å²) in [6.45, 7) is 3.88. The van der Waals surface area contributed by atoms with E-state index in [-0.39, 0.29) is 5.97 Å². The van der Waals surface area contributed by atoms with Crippen LogP contribution in [-0.2, 0) is 24.1 Å². The van der Waals surface area contributed by atoms with Crippen LogP contribution in [0.3, 0.4) is 0 Å². The normalized spacial score (nSPS) is 16.1. The zero-order valence-electron chi connectivity index (χ0n) is 18.5. The molecule has 0 radical (unpaired) electrons. The smallest absolute Gasteiger partial charge is 0.306 e. The SMILES string of the molecule is COC(=O)CCSC.CS/C=C/S(=O)(=O)c1ccc(C)cc1.CSC1CCCOC1. The first-order valence-corrected chi connectivity index (χ1v) is 15.0. The average molecular weight is 495 g/mol. The van der Waals surface area contributed by atoms with E-state index in [0.29, 0.717) is 11.3 Å². The predicted octanol–water partition coefficient (Wildman–Crippen LogP) is 5.04. The fourth-order valence-electron chi connectivity index (χ4n) is 2.12. The topological polar surface area (TPSA) is 69.7 Å². The lowest BCUT2D eigenvalue weighted by atomic mass is 10.2. The van der Waals surface area contributed by atoms with Gasteiger partial charge >= 0.3 is 5.97 Å². The van der Waals surface area contributed by atoms with Crippen LogP contribution in [0.4, 0.5) is 0 Å². The number of carbonyl (C=O) groups excluding carboxylic acids is 1. The third-order valence-electron chi connectivity index (χ3n) is 3.91. The molecule has 0 N–H and O–H groups in total. The standard InChI is InChI=1S/C10H12O2S2.C6H12OS.C5H10O2S/c1-9-3-5-10(6-4-9)14(11,12)8-7-13-2;1-8-6-3-2-4-7-5-6;1-7-5(6)3-4-8-2/h3-8H,1-2H3;6H,2-5H2,1H3;3-4H2,1-2H3/b8-7+;;. The van der Waals surface area contributed by atoms with E-state index >= 15 is 0 Å². The van der Waals surface area contributed by atoms with Crippen LogP contribution < -0.4 is 0 Å². The first kappa shape index (κ1) is 29.4. The van der Waals surface area contributed by atoms with Crippen LogP contribution in [0, 0.1) is 6.92 Å². The van der Waals surface area contributed by atoms with Crippen LogP contribution in [0.2, 0.25) is 0 Å². The molecule has 1 fully saturated rings. The highest BCUT2D eigenvalue weighted by Gasteiger charge is 2.11. The number of ether oxygens (including phenoxy) is 2. The zero-order valence-corrected chi connectivity index (χ0v) is 21.7. The van der Waals surface area contributed by atoms with Crippen molar-refractivity contribution in [1.82, 2.24) is 0 Å². The summed E-state index contributed by atoms with van der Waals surface area (Å²) in [7, 11) is -1.84. The summed E-state index contributed by atoms with van der Waals surface area (Å²) in [5, 5.41) is 3.57. The summed E-state index contributed by atoms with van der Waals surface area (Å²) in [5.41, 5.74) is 1.05. The summed E-state index contributed by atoms with van der Waals surface area (Å²) in [5.74, 6) is 0.728. The maximum atomic E-state index is 11.6. The van der Waals surface area contributed by atoms with Crippen LogP contribution in [0.1, 0.15) is 24.8 Å². The number of sulfone groups is 1. The van der Waals surface area contributed by atoms with Crippen LogP contribution in [0.15, 0.2) is 40.0 Å². The van der Waals surface area contributed by atoms with Crippen LogP contribution in [0.5, 0.6) is 0 Å². The van der Waals surface area contributed by atoms with Crippen LogP contribution in [-0.4, -0.2) is 64.5 Å². The molecule has 1 aromatic carbocycles. The van der Waals surface area contributed by atoms with Gasteiger partial charge in [-0.25, -0.2) is 8.42 Å². The lowest BCUT2D eigenvalue weighted by molar-refractivity contribution is -0.140. The zero-order chi connectivity index (χ0) is 22.8. The fourth-order valence-corrected chi connectivity index (χ4v) is 4.83. The van der Waals surface area contributed by atoms with Crippen LogP contribution >= 0.6 is 35.3 Å². The molecule has 0 aliphatic carbocycles. The maximum absolute atomic E-state index is 11.6. The summed E-state index contributed by atoms with van der Waals surface area (Å²) in [6.07, 6.45) is 9.06. The van der Waals surface area contributed by atoms with Gasteiger partial charge in [-0.3, -0.25) is 4.79 Å². The highest BCUT2D eigenvalue weighted by Crippen LogP contribution is 2.17. The minimum Gasteiger partial charge on any atom is -0.469 e. The Balaban J connectivity index is 0.000000451. The molecule has 5 nitrogen and oxygen atoms in total. The molecule has 0 bridgehead atoms. The van der Waals surface area contributed by atoms with Gasteiger partial charge in [0.25, 0.3) is 0 Å². The monoisotopic (exact) mass is 494 g/mol. The van der Waals surface area contributed by atoms with E-state index in [4.69, 9.17) is 4.74 Å². The predicted molar refractivity (Wildman–Crippen MR) is 133 cm³/mol. The first-order valence-electron chi connectivity index (χ1n) is 9.48. The van der Waals surface area contributed by atoms with Crippen molar-refractivity contribution in [3.8, 4) is 0 Å². The second-order valence-corrected chi connectivity index (χ2v) is 11.0. The molecule has 1 atom stereocenters. The van der Waals surface area contributed by atoms with Crippen molar-refractivity contribution < 1.29 is 22.7 Å². The number of carbonyl (C=O) groups is 1. The van der Waals surface area contributed by atoms with Crippen molar-refractivity contribution >= 4 is 51.1 Å². The lowest BCUT2D eigenvalue weighted by Crippen LogP contribution is -2.18. The Morgan fingerprint density at radius 1 is 1.23 bits per heavy atom. The molecule has 0 aromatic heterocycles. The van der Waals surface area contributed by atoms with Gasteiger partial charge in [-0.1, -0.05) is 17.7 Å². The van der Waals surface area contributed by atoms with E-state index in [9.17, 15) is 13.2 Å². The number of esters is 1. The van der Waals surface area contributed by atoms with Gasteiger partial charge in [0.05, 0.1) is 25.0 Å². The molecule has 1 aliphatic heterocycles. The number of benzene rings is 1.